The fourth-order valence-corrected chi connectivity index (χ4v) is 5.84. The van der Waals surface area contributed by atoms with Gasteiger partial charge in [0.25, 0.3) is 0 Å². The summed E-state index contributed by atoms with van der Waals surface area (Å²) in [5.41, 5.74) is 7.53. The molecule has 0 bridgehead atoms. The van der Waals surface area contributed by atoms with Crippen LogP contribution >= 0.6 is 0 Å². The fraction of sp³-hybridized carbons (Fsp3) is 0.525. The first-order valence-corrected chi connectivity index (χ1v) is 18.8. The average molecular weight is 783 g/mol. The Morgan fingerprint density at radius 1 is 0.571 bits per heavy atom. The third kappa shape index (κ3) is 16.5. The van der Waals surface area contributed by atoms with Crippen molar-refractivity contribution in [3.63, 3.8) is 0 Å². The van der Waals surface area contributed by atoms with Crippen LogP contribution in [0.4, 0.5) is 0 Å². The molecule has 2 aromatic carbocycles. The number of hydrogen-bond donors (Lipinski definition) is 9. The van der Waals surface area contributed by atoms with E-state index in [9.17, 15) is 48.9 Å². The van der Waals surface area contributed by atoms with Gasteiger partial charge in [-0.25, -0.2) is 4.79 Å². The highest BCUT2D eigenvalue weighted by molar-refractivity contribution is 5.96. The van der Waals surface area contributed by atoms with Gasteiger partial charge in [0.2, 0.25) is 29.5 Å². The smallest absolute Gasteiger partial charge is 0.326 e. The molecule has 10 N–H and O–H groups in total. The zero-order valence-electron chi connectivity index (χ0n) is 32.9. The Hall–Kier alpha value is -5.51. The number of carboxylic acids is 2. The predicted molar refractivity (Wildman–Crippen MR) is 208 cm³/mol. The molecule has 0 aliphatic heterocycles. The highest BCUT2D eigenvalue weighted by atomic mass is 16.4. The third-order valence-electron chi connectivity index (χ3n) is 8.83. The minimum Gasteiger partial charge on any atom is -0.508 e. The summed E-state index contributed by atoms with van der Waals surface area (Å²) in [4.78, 5) is 91.3. The number of nitrogens with one attached hydrogen (secondary N) is 5. The summed E-state index contributed by atoms with van der Waals surface area (Å²) >= 11 is 0. The number of hydrogen-bond acceptors (Lipinski definition) is 9. The van der Waals surface area contributed by atoms with Crippen LogP contribution in [0.3, 0.4) is 0 Å². The number of nitrogens with two attached hydrogens (primary N) is 1. The molecule has 6 atom stereocenters. The summed E-state index contributed by atoms with van der Waals surface area (Å²) < 4.78 is 0. The first-order valence-electron chi connectivity index (χ1n) is 18.8. The summed E-state index contributed by atoms with van der Waals surface area (Å²) in [5.74, 6) is -7.07. The van der Waals surface area contributed by atoms with E-state index in [1.54, 1.807) is 13.8 Å². The van der Waals surface area contributed by atoms with Gasteiger partial charge in [0.1, 0.15) is 36.0 Å². The lowest BCUT2D eigenvalue weighted by Gasteiger charge is -2.29. The molecule has 0 saturated heterocycles. The molecule has 0 aliphatic rings. The normalized spacial score (nSPS) is 14.5. The maximum Gasteiger partial charge on any atom is 0.326 e. The molecule has 0 fully saturated rings. The molecule has 308 valence electrons. The van der Waals surface area contributed by atoms with Gasteiger partial charge in [0, 0.05) is 12.8 Å². The van der Waals surface area contributed by atoms with Crippen molar-refractivity contribution in [3.8, 4) is 5.75 Å². The zero-order chi connectivity index (χ0) is 42.1. The van der Waals surface area contributed by atoms with Gasteiger partial charge in [-0.1, -0.05) is 84.0 Å². The zero-order valence-corrected chi connectivity index (χ0v) is 32.9. The number of aliphatic carboxylic acids is 2. The second-order valence-corrected chi connectivity index (χ2v) is 15.2. The molecule has 2 rings (SSSR count). The van der Waals surface area contributed by atoms with Crippen molar-refractivity contribution in [3.05, 3.63) is 65.7 Å². The quantitative estimate of drug-likeness (QED) is 0.0782. The number of phenols is 1. The van der Waals surface area contributed by atoms with Gasteiger partial charge in [-0.2, -0.15) is 0 Å². The maximum atomic E-state index is 13.8. The van der Waals surface area contributed by atoms with E-state index in [1.807, 2.05) is 58.0 Å². The van der Waals surface area contributed by atoms with Gasteiger partial charge in [-0.05, 0) is 66.7 Å². The third-order valence-corrected chi connectivity index (χ3v) is 8.83. The Morgan fingerprint density at radius 2 is 1.04 bits per heavy atom. The van der Waals surface area contributed by atoms with Crippen molar-refractivity contribution >= 4 is 41.5 Å². The Balaban J connectivity index is 2.25. The topological polar surface area (TPSA) is 266 Å². The second kappa shape index (κ2) is 22.8. The molecule has 2 aromatic rings. The molecule has 0 aliphatic carbocycles. The first kappa shape index (κ1) is 46.6. The van der Waals surface area contributed by atoms with E-state index in [2.05, 4.69) is 26.6 Å². The van der Waals surface area contributed by atoms with Crippen LogP contribution in [0, 0.1) is 17.8 Å². The number of carboxylic acid groups (broad SMARTS) is 2. The van der Waals surface area contributed by atoms with Crippen LogP contribution in [0.2, 0.25) is 0 Å². The van der Waals surface area contributed by atoms with E-state index in [0.717, 1.165) is 5.56 Å². The number of carbonyl (C=O) groups excluding carboxylic acids is 5. The number of benzene rings is 2. The molecule has 0 heterocycles. The van der Waals surface area contributed by atoms with Crippen LogP contribution in [-0.4, -0.2) is 93.0 Å². The van der Waals surface area contributed by atoms with Crippen molar-refractivity contribution in [1.82, 2.24) is 26.6 Å². The molecule has 0 aromatic heterocycles. The molecule has 0 saturated carbocycles. The van der Waals surface area contributed by atoms with Crippen LogP contribution in [-0.2, 0) is 46.4 Å². The largest absolute Gasteiger partial charge is 0.508 e. The first-order chi connectivity index (χ1) is 26.3. The van der Waals surface area contributed by atoms with E-state index < -0.39 is 90.1 Å². The molecule has 0 radical (unpaired) electrons. The van der Waals surface area contributed by atoms with Gasteiger partial charge in [-0.3, -0.25) is 28.8 Å². The molecule has 0 unspecified atom stereocenters. The average Bonchev–Trinajstić information content (AvgIpc) is 3.11. The van der Waals surface area contributed by atoms with Gasteiger partial charge in [0.15, 0.2) is 0 Å². The fourth-order valence-electron chi connectivity index (χ4n) is 5.84. The monoisotopic (exact) mass is 782 g/mol. The summed E-state index contributed by atoms with van der Waals surface area (Å²) in [6, 6.07) is 7.58. The van der Waals surface area contributed by atoms with E-state index in [-0.39, 0.29) is 49.7 Å². The van der Waals surface area contributed by atoms with E-state index in [0.29, 0.717) is 5.56 Å². The number of rotatable bonds is 23. The predicted octanol–water partition coefficient (Wildman–Crippen LogP) is 1.63. The number of aromatic hydroxyl groups is 1. The van der Waals surface area contributed by atoms with E-state index in [1.165, 1.54) is 24.3 Å². The van der Waals surface area contributed by atoms with Gasteiger partial charge >= 0.3 is 11.9 Å². The Morgan fingerprint density at radius 3 is 1.52 bits per heavy atom. The minimum atomic E-state index is -1.46. The number of carbonyl (C=O) groups is 7. The van der Waals surface area contributed by atoms with Gasteiger partial charge in [0.05, 0.1) is 6.04 Å². The van der Waals surface area contributed by atoms with E-state index >= 15 is 0 Å². The molecule has 5 amide bonds. The summed E-state index contributed by atoms with van der Waals surface area (Å²) in [7, 11) is 0. The van der Waals surface area contributed by atoms with Crippen LogP contribution in [0.15, 0.2) is 54.6 Å². The van der Waals surface area contributed by atoms with Crippen molar-refractivity contribution in [2.45, 2.75) is 116 Å². The Kier molecular flexibility index (Phi) is 19.0. The standard InChI is InChI=1S/C40H58N6O10/c1-22(2)18-30(43-35(50)28(41)20-25-10-8-7-9-11-25)38(53)44-31(19-23(3)4)37(52)42-29(16-17-33(48)49)36(51)46-34(24(5)6)39(54)45-32(40(55)56)21-26-12-14-27(47)15-13-26/h7-15,22-24,28-32,34,47H,16-21,41H2,1-6H3,(H,42,52)(H,43,50)(H,44,53)(H,45,54)(H,46,51)(H,48,49)(H,55,56)/t28-,29-,30-,31-,32-,34-/m0/s1. The highest BCUT2D eigenvalue weighted by Crippen LogP contribution is 2.14. The molecule has 16 heteroatoms. The van der Waals surface area contributed by atoms with Crippen molar-refractivity contribution in [1.29, 1.82) is 0 Å². The molecule has 0 spiro atoms. The minimum absolute atomic E-state index is 0.0196. The van der Waals surface area contributed by atoms with E-state index in [4.69, 9.17) is 5.73 Å². The Bertz CT molecular complexity index is 1630. The van der Waals surface area contributed by atoms with Gasteiger partial charge in [-0.15, -0.1) is 0 Å². The lowest BCUT2D eigenvalue weighted by molar-refractivity contribution is -0.142. The maximum absolute atomic E-state index is 13.8. The number of phenolic OH excluding ortho intramolecular Hbond substituents is 1. The summed E-state index contributed by atoms with van der Waals surface area (Å²) in [6.07, 6.45) is -0.438. The molecule has 16 nitrogen and oxygen atoms in total. The number of amides is 5. The van der Waals surface area contributed by atoms with Crippen LogP contribution in [0.5, 0.6) is 5.75 Å². The van der Waals surface area contributed by atoms with Crippen LogP contribution in [0.1, 0.15) is 78.4 Å². The highest BCUT2D eigenvalue weighted by Gasteiger charge is 2.34. The Labute approximate surface area is 327 Å². The van der Waals surface area contributed by atoms with Crippen molar-refractivity contribution < 1.29 is 48.9 Å². The molecule has 56 heavy (non-hydrogen) atoms. The second-order valence-electron chi connectivity index (χ2n) is 15.2. The molecular formula is C40H58N6O10. The lowest BCUT2D eigenvalue weighted by atomic mass is 9.98. The van der Waals surface area contributed by atoms with Crippen molar-refractivity contribution in [2.75, 3.05) is 0 Å². The van der Waals surface area contributed by atoms with Gasteiger partial charge < -0.3 is 47.6 Å². The van der Waals surface area contributed by atoms with Crippen molar-refractivity contribution in [2.24, 2.45) is 23.5 Å². The van der Waals surface area contributed by atoms with Crippen LogP contribution < -0.4 is 32.3 Å². The summed E-state index contributed by atoms with van der Waals surface area (Å²) in [6.45, 7) is 10.6. The lowest BCUT2D eigenvalue weighted by Crippen LogP contribution is -2.60. The van der Waals surface area contributed by atoms with Crippen LogP contribution in [0.25, 0.3) is 0 Å². The summed E-state index contributed by atoms with van der Waals surface area (Å²) in [5, 5.41) is 41.7. The molecular weight excluding hydrogens is 724 g/mol. The SMILES string of the molecule is CC(C)C[C@H](NC(=O)[C@H](CC(C)C)NC(=O)[C@@H](N)Cc1ccccc1)C(=O)N[C@@H](CCC(=O)O)C(=O)N[C@H](C(=O)N[C@@H](Cc1ccc(O)cc1)C(=O)O)C(C)C.